The van der Waals surface area contributed by atoms with Gasteiger partial charge in [-0.25, -0.2) is 13.4 Å². The lowest BCUT2D eigenvalue weighted by molar-refractivity contribution is 0.384. The molecule has 1 aliphatic heterocycles. The summed E-state index contributed by atoms with van der Waals surface area (Å²) >= 11 is 5.79. The molecule has 1 aliphatic rings. The van der Waals surface area contributed by atoms with E-state index >= 15 is 0 Å². The van der Waals surface area contributed by atoms with Gasteiger partial charge in [-0.1, -0.05) is 11.6 Å². The molecule has 1 N–H and O–H groups in total. The van der Waals surface area contributed by atoms with Crippen LogP contribution in [0, 0.1) is 6.92 Å². The number of aryl methyl sites for hydroxylation is 1. The second-order valence-electron chi connectivity index (χ2n) is 5.12. The molecule has 0 saturated heterocycles. The summed E-state index contributed by atoms with van der Waals surface area (Å²) in [6, 6.07) is 5.99. The third kappa shape index (κ3) is 2.67. The SMILES string of the molecule is Cc1nc2c(c(=O)[nH]1)CN(S(=O)(=O)c1ccc(Cl)cc1)CC2. The van der Waals surface area contributed by atoms with E-state index < -0.39 is 10.0 Å². The van der Waals surface area contributed by atoms with Crippen molar-refractivity contribution in [1.29, 1.82) is 0 Å². The first-order valence-corrected chi connectivity index (χ1v) is 8.54. The largest absolute Gasteiger partial charge is 0.310 e. The predicted octanol–water partition coefficient (Wildman–Crippen LogP) is 1.48. The first-order valence-electron chi connectivity index (χ1n) is 6.72. The normalized spacial score (nSPS) is 15.5. The van der Waals surface area contributed by atoms with Crippen LogP contribution in [0.5, 0.6) is 0 Å². The minimum absolute atomic E-state index is 0.0307. The van der Waals surface area contributed by atoms with Crippen LogP contribution in [0.3, 0.4) is 0 Å². The van der Waals surface area contributed by atoms with Gasteiger partial charge in [-0.15, -0.1) is 0 Å². The Morgan fingerprint density at radius 3 is 2.64 bits per heavy atom. The van der Waals surface area contributed by atoms with Crippen LogP contribution in [-0.4, -0.2) is 29.2 Å². The van der Waals surface area contributed by atoms with E-state index in [0.29, 0.717) is 35.1 Å². The smallest absolute Gasteiger partial charge is 0.255 e. The third-order valence-corrected chi connectivity index (χ3v) is 5.71. The standard InChI is InChI=1S/C14H14ClN3O3S/c1-9-16-13-6-7-18(8-12(13)14(19)17-9)22(20,21)11-4-2-10(15)3-5-11/h2-5H,6-8H2,1H3,(H,16,17,19). The van der Waals surface area contributed by atoms with Crippen LogP contribution >= 0.6 is 11.6 Å². The molecular formula is C14H14ClN3O3S. The monoisotopic (exact) mass is 339 g/mol. The third-order valence-electron chi connectivity index (χ3n) is 3.60. The van der Waals surface area contributed by atoms with Crippen LogP contribution in [-0.2, 0) is 23.0 Å². The number of H-pyrrole nitrogens is 1. The van der Waals surface area contributed by atoms with Crippen molar-refractivity contribution in [2.75, 3.05) is 6.54 Å². The average molecular weight is 340 g/mol. The minimum Gasteiger partial charge on any atom is -0.310 e. The molecule has 8 heteroatoms. The Balaban J connectivity index is 1.97. The van der Waals surface area contributed by atoms with Crippen molar-refractivity contribution in [3.63, 3.8) is 0 Å². The van der Waals surface area contributed by atoms with Crippen molar-refractivity contribution in [2.24, 2.45) is 0 Å². The zero-order valence-corrected chi connectivity index (χ0v) is 13.4. The first kappa shape index (κ1) is 15.2. The summed E-state index contributed by atoms with van der Waals surface area (Å²) in [5.74, 6) is 0.540. The van der Waals surface area contributed by atoms with Crippen LogP contribution in [0.4, 0.5) is 0 Å². The van der Waals surface area contributed by atoms with E-state index in [1.165, 1.54) is 28.6 Å². The van der Waals surface area contributed by atoms with E-state index in [0.717, 1.165) is 0 Å². The minimum atomic E-state index is -3.65. The van der Waals surface area contributed by atoms with Crippen LogP contribution in [0.25, 0.3) is 0 Å². The summed E-state index contributed by atoms with van der Waals surface area (Å²) in [5.41, 5.74) is 0.803. The molecule has 22 heavy (non-hydrogen) atoms. The van der Waals surface area contributed by atoms with Crippen molar-refractivity contribution in [2.45, 2.75) is 24.8 Å². The Morgan fingerprint density at radius 1 is 1.27 bits per heavy atom. The van der Waals surface area contributed by atoms with Crippen LogP contribution < -0.4 is 5.56 Å². The number of nitrogens with one attached hydrogen (secondary N) is 1. The summed E-state index contributed by atoms with van der Waals surface area (Å²) in [7, 11) is -3.65. The number of aromatic nitrogens is 2. The van der Waals surface area contributed by atoms with E-state index in [1.54, 1.807) is 6.92 Å². The van der Waals surface area contributed by atoms with E-state index in [2.05, 4.69) is 9.97 Å². The van der Waals surface area contributed by atoms with Crippen molar-refractivity contribution in [1.82, 2.24) is 14.3 Å². The zero-order chi connectivity index (χ0) is 15.9. The molecule has 0 saturated carbocycles. The van der Waals surface area contributed by atoms with Crippen LogP contribution in [0.1, 0.15) is 17.1 Å². The lowest BCUT2D eigenvalue weighted by Gasteiger charge is -2.27. The molecule has 0 unspecified atom stereocenters. The highest BCUT2D eigenvalue weighted by Gasteiger charge is 2.30. The molecule has 0 bridgehead atoms. The number of hydrogen-bond donors (Lipinski definition) is 1. The number of fused-ring (bicyclic) bond motifs is 1. The Bertz CT molecular complexity index is 875. The summed E-state index contributed by atoms with van der Waals surface area (Å²) < 4.78 is 26.6. The second-order valence-corrected chi connectivity index (χ2v) is 7.49. The molecule has 2 heterocycles. The molecular weight excluding hydrogens is 326 g/mol. The topological polar surface area (TPSA) is 83.1 Å². The molecule has 0 aliphatic carbocycles. The maximum Gasteiger partial charge on any atom is 0.255 e. The molecule has 1 aromatic carbocycles. The molecule has 6 nitrogen and oxygen atoms in total. The van der Waals surface area contributed by atoms with E-state index in [9.17, 15) is 13.2 Å². The lowest BCUT2D eigenvalue weighted by atomic mass is 10.1. The number of halogens is 1. The number of benzene rings is 1. The zero-order valence-electron chi connectivity index (χ0n) is 11.8. The maximum atomic E-state index is 12.6. The van der Waals surface area contributed by atoms with Crippen molar-refractivity contribution >= 4 is 21.6 Å². The molecule has 0 spiro atoms. The van der Waals surface area contributed by atoms with Crippen LogP contribution in [0.15, 0.2) is 34.0 Å². The van der Waals surface area contributed by atoms with Crippen molar-refractivity contribution in [3.05, 3.63) is 56.7 Å². The van der Waals surface area contributed by atoms with Gasteiger partial charge < -0.3 is 4.98 Å². The van der Waals surface area contributed by atoms with Gasteiger partial charge in [0, 0.05) is 24.5 Å². The van der Waals surface area contributed by atoms with Gasteiger partial charge in [0.1, 0.15) is 5.82 Å². The summed E-state index contributed by atoms with van der Waals surface area (Å²) in [4.78, 5) is 19.1. The molecule has 3 rings (SSSR count). The van der Waals surface area contributed by atoms with Crippen LogP contribution in [0.2, 0.25) is 5.02 Å². The molecule has 0 radical (unpaired) electrons. The van der Waals surface area contributed by atoms with E-state index in [4.69, 9.17) is 11.6 Å². The predicted molar refractivity (Wildman–Crippen MR) is 82.3 cm³/mol. The highest BCUT2D eigenvalue weighted by Crippen LogP contribution is 2.23. The van der Waals surface area contributed by atoms with E-state index in [1.807, 2.05) is 0 Å². The second kappa shape index (κ2) is 5.49. The Kier molecular flexibility index (Phi) is 3.80. The Morgan fingerprint density at radius 2 is 1.95 bits per heavy atom. The summed E-state index contributed by atoms with van der Waals surface area (Å²) in [6.07, 6.45) is 0.424. The van der Waals surface area contributed by atoms with Gasteiger partial charge in [0.2, 0.25) is 10.0 Å². The molecule has 0 atom stereocenters. The summed E-state index contributed by atoms with van der Waals surface area (Å²) in [6.45, 7) is 2.04. The number of sulfonamides is 1. The molecule has 1 aromatic heterocycles. The Labute approximate surface area is 132 Å². The number of aromatic amines is 1. The Hall–Kier alpha value is -1.70. The average Bonchev–Trinajstić information content (AvgIpc) is 2.47. The molecule has 116 valence electrons. The summed E-state index contributed by atoms with van der Waals surface area (Å²) in [5, 5.41) is 0.471. The fraction of sp³-hybridized carbons (Fsp3) is 0.286. The van der Waals surface area contributed by atoms with Gasteiger partial charge in [0.25, 0.3) is 5.56 Å². The molecule has 2 aromatic rings. The van der Waals surface area contributed by atoms with Crippen molar-refractivity contribution in [3.8, 4) is 0 Å². The van der Waals surface area contributed by atoms with Gasteiger partial charge >= 0.3 is 0 Å². The highest BCUT2D eigenvalue weighted by atomic mass is 35.5. The van der Waals surface area contributed by atoms with Gasteiger partial charge in [0.05, 0.1) is 16.2 Å². The molecule has 0 fully saturated rings. The molecule has 0 amide bonds. The van der Waals surface area contributed by atoms with Gasteiger partial charge in [-0.3, -0.25) is 4.79 Å². The van der Waals surface area contributed by atoms with E-state index in [-0.39, 0.29) is 17.0 Å². The highest BCUT2D eigenvalue weighted by molar-refractivity contribution is 7.89. The fourth-order valence-corrected chi connectivity index (χ4v) is 4.02. The maximum absolute atomic E-state index is 12.6. The van der Waals surface area contributed by atoms with Gasteiger partial charge in [-0.05, 0) is 31.2 Å². The number of rotatable bonds is 2. The number of nitrogens with zero attached hydrogens (tertiary/aromatic N) is 2. The van der Waals surface area contributed by atoms with Crippen molar-refractivity contribution < 1.29 is 8.42 Å². The van der Waals surface area contributed by atoms with Gasteiger partial charge in [-0.2, -0.15) is 4.31 Å². The fourth-order valence-electron chi connectivity index (χ4n) is 2.49. The van der Waals surface area contributed by atoms with Gasteiger partial charge in [0.15, 0.2) is 0 Å². The quantitative estimate of drug-likeness (QED) is 0.898. The first-order chi connectivity index (χ1) is 10.4. The lowest BCUT2D eigenvalue weighted by Crippen LogP contribution is -2.39. The number of hydrogen-bond acceptors (Lipinski definition) is 4.